The van der Waals surface area contributed by atoms with Crippen molar-refractivity contribution in [1.29, 1.82) is 0 Å². The predicted octanol–water partition coefficient (Wildman–Crippen LogP) is 3.14. The van der Waals surface area contributed by atoms with Gasteiger partial charge in [-0.25, -0.2) is 0 Å². The van der Waals surface area contributed by atoms with E-state index in [2.05, 4.69) is 15.3 Å². The van der Waals surface area contributed by atoms with E-state index in [1.54, 1.807) is 36.1 Å². The molecule has 0 atom stereocenters. The quantitative estimate of drug-likeness (QED) is 0.804. The summed E-state index contributed by atoms with van der Waals surface area (Å²) in [6, 6.07) is 9.61. The van der Waals surface area contributed by atoms with Gasteiger partial charge in [-0.2, -0.15) is 0 Å². The smallest absolute Gasteiger partial charge is 0.253 e. The van der Waals surface area contributed by atoms with Gasteiger partial charge in [-0.1, -0.05) is 6.07 Å². The van der Waals surface area contributed by atoms with E-state index in [-0.39, 0.29) is 5.91 Å². The molecule has 3 aromatic heterocycles. The summed E-state index contributed by atoms with van der Waals surface area (Å²) in [6.45, 7) is 0.477. The lowest BCUT2D eigenvalue weighted by molar-refractivity contribution is 0.0950. The molecule has 0 aliphatic carbocycles. The largest absolute Gasteiger partial charge is 0.348 e. The van der Waals surface area contributed by atoms with Gasteiger partial charge in [-0.3, -0.25) is 14.8 Å². The van der Waals surface area contributed by atoms with E-state index in [0.717, 1.165) is 16.0 Å². The van der Waals surface area contributed by atoms with Gasteiger partial charge in [0.25, 0.3) is 5.91 Å². The first-order valence-corrected chi connectivity index (χ1v) is 7.37. The third-order valence-electron chi connectivity index (χ3n) is 3.01. The molecule has 3 aromatic rings. The summed E-state index contributed by atoms with van der Waals surface area (Å²) in [7, 11) is 0. The Morgan fingerprint density at radius 1 is 1.14 bits per heavy atom. The number of carbonyl (C=O) groups is 1. The summed E-state index contributed by atoms with van der Waals surface area (Å²) in [6.07, 6.45) is 6.77. The second-order valence-corrected chi connectivity index (χ2v) is 5.43. The van der Waals surface area contributed by atoms with Crippen molar-refractivity contribution in [1.82, 2.24) is 15.3 Å². The molecular formula is C16H13N3OS. The molecule has 3 heterocycles. The molecule has 0 unspecified atom stereocenters. The van der Waals surface area contributed by atoms with Crippen LogP contribution >= 0.6 is 11.3 Å². The molecule has 0 spiro atoms. The second kappa shape index (κ2) is 6.28. The number of nitrogens with zero attached hydrogens (tertiary/aromatic N) is 2. The summed E-state index contributed by atoms with van der Waals surface area (Å²) >= 11 is 1.63. The van der Waals surface area contributed by atoms with Gasteiger partial charge < -0.3 is 5.32 Å². The monoisotopic (exact) mass is 295 g/mol. The minimum atomic E-state index is -0.127. The van der Waals surface area contributed by atoms with E-state index in [1.807, 2.05) is 35.7 Å². The summed E-state index contributed by atoms with van der Waals surface area (Å²) in [5.74, 6) is -0.127. The fraction of sp³-hybridized carbons (Fsp3) is 0.0625. The Balaban J connectivity index is 1.72. The number of nitrogens with one attached hydrogen (secondary N) is 1. The molecule has 0 fully saturated rings. The highest BCUT2D eigenvalue weighted by atomic mass is 32.1. The van der Waals surface area contributed by atoms with Gasteiger partial charge in [0.05, 0.1) is 5.56 Å². The number of amides is 1. The molecule has 1 N–H and O–H groups in total. The van der Waals surface area contributed by atoms with Crippen LogP contribution in [0.3, 0.4) is 0 Å². The highest BCUT2D eigenvalue weighted by Gasteiger charge is 2.08. The zero-order chi connectivity index (χ0) is 14.5. The summed E-state index contributed by atoms with van der Waals surface area (Å²) < 4.78 is 0. The molecular weight excluding hydrogens is 282 g/mol. The van der Waals surface area contributed by atoms with Crippen molar-refractivity contribution < 1.29 is 4.79 Å². The molecule has 21 heavy (non-hydrogen) atoms. The summed E-state index contributed by atoms with van der Waals surface area (Å²) in [5.41, 5.74) is 2.54. The topological polar surface area (TPSA) is 54.9 Å². The van der Waals surface area contributed by atoms with Crippen molar-refractivity contribution in [3.63, 3.8) is 0 Å². The van der Waals surface area contributed by atoms with Crippen molar-refractivity contribution in [3.05, 3.63) is 71.6 Å². The molecule has 3 rings (SSSR count). The third kappa shape index (κ3) is 3.32. The zero-order valence-corrected chi connectivity index (χ0v) is 12.0. The number of carbonyl (C=O) groups excluding carboxylic acids is 1. The van der Waals surface area contributed by atoms with E-state index >= 15 is 0 Å². The minimum Gasteiger partial charge on any atom is -0.348 e. The van der Waals surface area contributed by atoms with Crippen LogP contribution in [0, 0.1) is 0 Å². The molecule has 1 amide bonds. The van der Waals surface area contributed by atoms with E-state index < -0.39 is 0 Å². The third-order valence-corrected chi connectivity index (χ3v) is 3.93. The Bertz CT molecular complexity index is 726. The standard InChI is InChI=1S/C16H13N3OS/c20-16(19-9-12-3-5-17-6-4-12)14-8-13(10-18-11-14)15-2-1-7-21-15/h1-8,10-11H,9H2,(H,19,20). The van der Waals surface area contributed by atoms with Crippen LogP contribution in [0.15, 0.2) is 60.5 Å². The average Bonchev–Trinajstić information content (AvgIpc) is 3.08. The van der Waals surface area contributed by atoms with Crippen LogP contribution in [0.5, 0.6) is 0 Å². The molecule has 0 aliphatic heterocycles. The Labute approximate surface area is 126 Å². The molecule has 104 valence electrons. The van der Waals surface area contributed by atoms with E-state index in [0.29, 0.717) is 12.1 Å². The average molecular weight is 295 g/mol. The van der Waals surface area contributed by atoms with Crippen LogP contribution in [0.2, 0.25) is 0 Å². The maximum atomic E-state index is 12.2. The molecule has 0 saturated heterocycles. The van der Waals surface area contributed by atoms with Gasteiger partial charge in [-0.05, 0) is 35.2 Å². The number of hydrogen-bond donors (Lipinski definition) is 1. The lowest BCUT2D eigenvalue weighted by atomic mass is 10.1. The SMILES string of the molecule is O=C(NCc1ccncc1)c1cncc(-c2cccs2)c1. The van der Waals surface area contributed by atoms with Crippen LogP contribution in [-0.2, 0) is 6.54 Å². The van der Waals surface area contributed by atoms with Gasteiger partial charge >= 0.3 is 0 Å². The Kier molecular flexibility index (Phi) is 4.02. The Hall–Kier alpha value is -2.53. The number of pyridine rings is 2. The van der Waals surface area contributed by atoms with Crippen LogP contribution in [-0.4, -0.2) is 15.9 Å². The molecule has 0 saturated carbocycles. The molecule has 0 aromatic carbocycles. The highest BCUT2D eigenvalue weighted by Crippen LogP contribution is 2.24. The lowest BCUT2D eigenvalue weighted by Gasteiger charge is -2.06. The number of rotatable bonds is 4. The predicted molar refractivity (Wildman–Crippen MR) is 83.0 cm³/mol. The zero-order valence-electron chi connectivity index (χ0n) is 11.2. The van der Waals surface area contributed by atoms with Gasteiger partial charge in [0, 0.05) is 41.8 Å². The number of thiophene rings is 1. The molecule has 4 nitrogen and oxygen atoms in total. The Morgan fingerprint density at radius 3 is 2.76 bits per heavy atom. The van der Waals surface area contributed by atoms with Gasteiger partial charge in [0.1, 0.15) is 0 Å². The summed E-state index contributed by atoms with van der Waals surface area (Å²) in [5, 5.41) is 4.89. The van der Waals surface area contributed by atoms with Crippen LogP contribution in [0.25, 0.3) is 10.4 Å². The van der Waals surface area contributed by atoms with Crippen molar-refractivity contribution >= 4 is 17.2 Å². The second-order valence-electron chi connectivity index (χ2n) is 4.48. The molecule has 5 heteroatoms. The van der Waals surface area contributed by atoms with Gasteiger partial charge in [0.15, 0.2) is 0 Å². The molecule has 0 radical (unpaired) electrons. The minimum absolute atomic E-state index is 0.127. The molecule has 0 aliphatic rings. The van der Waals surface area contributed by atoms with Crippen molar-refractivity contribution in [2.24, 2.45) is 0 Å². The summed E-state index contributed by atoms with van der Waals surface area (Å²) in [4.78, 5) is 21.4. The van der Waals surface area contributed by atoms with Crippen LogP contribution < -0.4 is 5.32 Å². The van der Waals surface area contributed by atoms with E-state index in [9.17, 15) is 4.79 Å². The fourth-order valence-corrected chi connectivity index (χ4v) is 2.64. The maximum absolute atomic E-state index is 12.2. The number of hydrogen-bond acceptors (Lipinski definition) is 4. The first-order valence-electron chi connectivity index (χ1n) is 6.49. The normalized spacial score (nSPS) is 10.3. The first kappa shape index (κ1) is 13.5. The van der Waals surface area contributed by atoms with E-state index in [4.69, 9.17) is 0 Å². The van der Waals surface area contributed by atoms with Crippen molar-refractivity contribution in [2.75, 3.05) is 0 Å². The first-order chi connectivity index (χ1) is 10.3. The van der Waals surface area contributed by atoms with Gasteiger partial charge in [-0.15, -0.1) is 11.3 Å². The van der Waals surface area contributed by atoms with E-state index in [1.165, 1.54) is 0 Å². The Morgan fingerprint density at radius 2 is 2.00 bits per heavy atom. The lowest BCUT2D eigenvalue weighted by Crippen LogP contribution is -2.22. The fourth-order valence-electron chi connectivity index (χ4n) is 1.93. The van der Waals surface area contributed by atoms with Crippen LogP contribution in [0.4, 0.5) is 0 Å². The van der Waals surface area contributed by atoms with Crippen molar-refractivity contribution in [3.8, 4) is 10.4 Å². The van der Waals surface area contributed by atoms with Gasteiger partial charge in [0.2, 0.25) is 0 Å². The number of aromatic nitrogens is 2. The van der Waals surface area contributed by atoms with Crippen molar-refractivity contribution in [2.45, 2.75) is 6.54 Å². The highest BCUT2D eigenvalue weighted by molar-refractivity contribution is 7.13. The van der Waals surface area contributed by atoms with Crippen LogP contribution in [0.1, 0.15) is 15.9 Å². The maximum Gasteiger partial charge on any atom is 0.253 e. The molecule has 0 bridgehead atoms.